The molecule has 0 unspecified atom stereocenters. The summed E-state index contributed by atoms with van der Waals surface area (Å²) in [7, 11) is 1.63. The molecule has 0 aliphatic carbocycles. The molecule has 25 heavy (non-hydrogen) atoms. The second kappa shape index (κ2) is 8.92. The molecule has 0 aliphatic heterocycles. The van der Waals surface area contributed by atoms with Gasteiger partial charge in [0.25, 0.3) is 0 Å². The summed E-state index contributed by atoms with van der Waals surface area (Å²) >= 11 is 0. The number of nitrogens with one attached hydrogen (secondary N) is 1. The normalized spacial score (nSPS) is 12.0. The first-order valence-electron chi connectivity index (χ1n) is 8.39. The minimum atomic E-state index is -0.148. The molecule has 132 valence electrons. The van der Waals surface area contributed by atoms with Crippen LogP contribution in [0.5, 0.6) is 11.5 Å². The molecule has 1 atom stereocenters. The summed E-state index contributed by atoms with van der Waals surface area (Å²) in [5.41, 5.74) is 3.03. The lowest BCUT2D eigenvalue weighted by Gasteiger charge is -2.17. The highest BCUT2D eigenvalue weighted by atomic mass is 16.5. The van der Waals surface area contributed by atoms with Crippen molar-refractivity contribution in [1.82, 2.24) is 5.32 Å². The minimum absolute atomic E-state index is 0.146. The zero-order valence-electron chi connectivity index (χ0n) is 15.2. The topological polar surface area (TPSA) is 47.6 Å². The number of ether oxygens (including phenoxy) is 2. The molecule has 0 bridgehead atoms. The highest BCUT2D eigenvalue weighted by Gasteiger charge is 2.13. The van der Waals surface area contributed by atoms with Gasteiger partial charge >= 0.3 is 0 Å². The Morgan fingerprint density at radius 1 is 1.20 bits per heavy atom. The number of carbonyl (C=O) groups is 1. The molecule has 4 heteroatoms. The smallest absolute Gasteiger partial charge is 0.244 e. The molecule has 0 saturated heterocycles. The summed E-state index contributed by atoms with van der Waals surface area (Å²) in [5.74, 6) is 1.45. The Bertz CT molecular complexity index is 735. The standard InChI is InChI=1S/C21H25NO3/c1-5-25-18-10-7-17(8-11-18)9-13-21(23)22-16(3)19-14-15(2)6-12-20(19)24-4/h6-14,16H,5H2,1-4H3,(H,22,23)/b13-9+/t16-/m1/s1. The molecule has 1 N–H and O–H groups in total. The fourth-order valence-corrected chi connectivity index (χ4v) is 2.55. The largest absolute Gasteiger partial charge is 0.496 e. The van der Waals surface area contributed by atoms with Crippen LogP contribution in [0.15, 0.2) is 48.5 Å². The monoisotopic (exact) mass is 339 g/mol. The van der Waals surface area contributed by atoms with Crippen molar-refractivity contribution in [3.63, 3.8) is 0 Å². The molecule has 0 aromatic heterocycles. The predicted molar refractivity (Wildman–Crippen MR) is 101 cm³/mol. The van der Waals surface area contributed by atoms with E-state index in [0.717, 1.165) is 28.2 Å². The lowest BCUT2D eigenvalue weighted by molar-refractivity contribution is -0.117. The Morgan fingerprint density at radius 3 is 2.56 bits per heavy atom. The number of amides is 1. The van der Waals surface area contributed by atoms with Gasteiger partial charge in [-0.15, -0.1) is 0 Å². The number of aryl methyl sites for hydroxylation is 1. The molecule has 0 fully saturated rings. The molecule has 2 aromatic rings. The molecule has 0 heterocycles. The number of carbonyl (C=O) groups excluding carboxylic acids is 1. The van der Waals surface area contributed by atoms with Crippen molar-refractivity contribution in [2.24, 2.45) is 0 Å². The van der Waals surface area contributed by atoms with Gasteiger partial charge < -0.3 is 14.8 Å². The quantitative estimate of drug-likeness (QED) is 0.765. The van der Waals surface area contributed by atoms with E-state index in [1.54, 1.807) is 13.2 Å². The van der Waals surface area contributed by atoms with Crippen molar-refractivity contribution >= 4 is 12.0 Å². The maximum Gasteiger partial charge on any atom is 0.244 e. The zero-order valence-corrected chi connectivity index (χ0v) is 15.2. The van der Waals surface area contributed by atoms with Crippen molar-refractivity contribution in [1.29, 1.82) is 0 Å². The first-order chi connectivity index (χ1) is 12.0. The van der Waals surface area contributed by atoms with Crippen LogP contribution >= 0.6 is 0 Å². The van der Waals surface area contributed by atoms with Crippen molar-refractivity contribution in [3.05, 3.63) is 65.2 Å². The van der Waals surface area contributed by atoms with E-state index in [9.17, 15) is 4.79 Å². The zero-order chi connectivity index (χ0) is 18.2. The van der Waals surface area contributed by atoms with E-state index in [1.165, 1.54) is 6.08 Å². The molecule has 0 radical (unpaired) electrons. The third-order valence-electron chi connectivity index (χ3n) is 3.83. The van der Waals surface area contributed by atoms with Gasteiger partial charge in [0.15, 0.2) is 0 Å². The minimum Gasteiger partial charge on any atom is -0.496 e. The maximum atomic E-state index is 12.2. The van der Waals surface area contributed by atoms with Gasteiger partial charge in [-0.3, -0.25) is 4.79 Å². The third kappa shape index (κ3) is 5.38. The van der Waals surface area contributed by atoms with Gasteiger partial charge in [0.05, 0.1) is 19.8 Å². The molecule has 1 amide bonds. The molecule has 2 aromatic carbocycles. The summed E-state index contributed by atoms with van der Waals surface area (Å²) in [6.45, 7) is 6.55. The van der Waals surface area contributed by atoms with Gasteiger partial charge in [-0.25, -0.2) is 0 Å². The van der Waals surface area contributed by atoms with Gasteiger partial charge in [0.1, 0.15) is 11.5 Å². The molecule has 4 nitrogen and oxygen atoms in total. The SMILES string of the molecule is CCOc1ccc(/C=C/C(=O)N[C@H](C)c2cc(C)ccc2OC)cc1. The predicted octanol–water partition coefficient (Wildman–Crippen LogP) is 4.29. The van der Waals surface area contributed by atoms with Crippen LogP contribution in [0.4, 0.5) is 0 Å². The Morgan fingerprint density at radius 2 is 1.92 bits per heavy atom. The van der Waals surface area contributed by atoms with Gasteiger partial charge in [-0.2, -0.15) is 0 Å². The number of hydrogen-bond donors (Lipinski definition) is 1. The van der Waals surface area contributed by atoms with Gasteiger partial charge in [-0.1, -0.05) is 29.8 Å². The highest BCUT2D eigenvalue weighted by molar-refractivity contribution is 5.92. The van der Waals surface area contributed by atoms with E-state index >= 15 is 0 Å². The highest BCUT2D eigenvalue weighted by Crippen LogP contribution is 2.26. The molecule has 2 rings (SSSR count). The lowest BCUT2D eigenvalue weighted by atomic mass is 10.0. The van der Waals surface area contributed by atoms with Crippen LogP contribution in [0, 0.1) is 6.92 Å². The van der Waals surface area contributed by atoms with Crippen molar-refractivity contribution < 1.29 is 14.3 Å². The summed E-state index contributed by atoms with van der Waals surface area (Å²) < 4.78 is 10.8. The second-order valence-electron chi connectivity index (χ2n) is 5.81. The van der Waals surface area contributed by atoms with E-state index in [1.807, 2.05) is 63.2 Å². The molecular formula is C21H25NO3. The lowest BCUT2D eigenvalue weighted by Crippen LogP contribution is -2.25. The van der Waals surface area contributed by atoms with Crippen LogP contribution in [0.3, 0.4) is 0 Å². The number of methoxy groups -OCH3 is 1. The van der Waals surface area contributed by atoms with Crippen LogP contribution in [0.25, 0.3) is 6.08 Å². The Balaban J connectivity index is 2.00. The van der Waals surface area contributed by atoms with Crippen molar-refractivity contribution in [3.8, 4) is 11.5 Å². The fourth-order valence-electron chi connectivity index (χ4n) is 2.55. The number of hydrogen-bond acceptors (Lipinski definition) is 3. The average Bonchev–Trinajstić information content (AvgIpc) is 2.61. The van der Waals surface area contributed by atoms with E-state index in [2.05, 4.69) is 5.32 Å². The first kappa shape index (κ1) is 18.6. The van der Waals surface area contributed by atoms with E-state index in [0.29, 0.717) is 6.61 Å². The Hall–Kier alpha value is -2.75. The van der Waals surface area contributed by atoms with Crippen LogP contribution in [-0.2, 0) is 4.79 Å². The molecule has 0 spiro atoms. The summed E-state index contributed by atoms with van der Waals surface area (Å²) in [6.07, 6.45) is 3.32. The summed E-state index contributed by atoms with van der Waals surface area (Å²) in [5, 5.41) is 2.97. The van der Waals surface area contributed by atoms with Crippen LogP contribution in [-0.4, -0.2) is 19.6 Å². The van der Waals surface area contributed by atoms with E-state index in [-0.39, 0.29) is 11.9 Å². The van der Waals surface area contributed by atoms with Crippen LogP contribution in [0.1, 0.15) is 36.6 Å². The van der Waals surface area contributed by atoms with Gasteiger partial charge in [0.2, 0.25) is 5.91 Å². The third-order valence-corrected chi connectivity index (χ3v) is 3.83. The van der Waals surface area contributed by atoms with Crippen molar-refractivity contribution in [2.45, 2.75) is 26.8 Å². The van der Waals surface area contributed by atoms with Crippen LogP contribution < -0.4 is 14.8 Å². The Labute approximate surface area is 149 Å². The van der Waals surface area contributed by atoms with Gasteiger partial charge in [-0.05, 0) is 50.6 Å². The molecule has 0 saturated carbocycles. The fraction of sp³-hybridized carbons (Fsp3) is 0.286. The van der Waals surface area contributed by atoms with Crippen molar-refractivity contribution in [2.75, 3.05) is 13.7 Å². The molecular weight excluding hydrogens is 314 g/mol. The second-order valence-corrected chi connectivity index (χ2v) is 5.81. The summed E-state index contributed by atoms with van der Waals surface area (Å²) in [4.78, 5) is 12.2. The van der Waals surface area contributed by atoms with E-state index < -0.39 is 0 Å². The van der Waals surface area contributed by atoms with E-state index in [4.69, 9.17) is 9.47 Å². The average molecular weight is 339 g/mol. The molecule has 0 aliphatic rings. The first-order valence-corrected chi connectivity index (χ1v) is 8.39. The summed E-state index contributed by atoms with van der Waals surface area (Å²) in [6, 6.07) is 13.4. The van der Waals surface area contributed by atoms with Crippen LogP contribution in [0.2, 0.25) is 0 Å². The number of rotatable bonds is 7. The Kier molecular flexibility index (Phi) is 6.63. The number of benzene rings is 2. The van der Waals surface area contributed by atoms with Gasteiger partial charge in [0, 0.05) is 11.6 Å². The maximum absolute atomic E-state index is 12.2.